The Kier molecular flexibility index (Phi) is 10.5. The molecule has 11 heteroatoms. The lowest BCUT2D eigenvalue weighted by Gasteiger charge is -2.33. The van der Waals surface area contributed by atoms with Crippen LogP contribution in [0, 0.1) is 17.8 Å². The van der Waals surface area contributed by atoms with Crippen LogP contribution in [0.5, 0.6) is 0 Å². The molecule has 2 aromatic rings. The first kappa shape index (κ1) is 31.7. The highest BCUT2D eigenvalue weighted by molar-refractivity contribution is 5.85. The van der Waals surface area contributed by atoms with Crippen LogP contribution in [0.15, 0.2) is 48.7 Å². The number of ketones is 1. The third kappa shape index (κ3) is 8.39. The molecule has 0 saturated carbocycles. The molecule has 0 bridgehead atoms. The Morgan fingerprint density at radius 2 is 1.88 bits per heavy atom. The summed E-state index contributed by atoms with van der Waals surface area (Å²) < 4.78 is 16.7. The van der Waals surface area contributed by atoms with Crippen LogP contribution in [0.2, 0.25) is 0 Å². The second kappa shape index (κ2) is 14.3. The van der Waals surface area contributed by atoms with Crippen LogP contribution in [0.3, 0.4) is 0 Å². The quantitative estimate of drug-likeness (QED) is 0.372. The van der Waals surface area contributed by atoms with E-state index >= 15 is 0 Å². The highest BCUT2D eigenvalue weighted by Gasteiger charge is 2.51. The van der Waals surface area contributed by atoms with Crippen molar-refractivity contribution in [3.63, 3.8) is 0 Å². The number of aromatic nitrogens is 2. The number of amides is 2. The van der Waals surface area contributed by atoms with Gasteiger partial charge in [0.2, 0.25) is 0 Å². The SMILES string of the molecule is CC1CCCC(OC(=O)NC/C=C/c2ccc(-c3cccnn3)cc2)C[C@@H](C)C(=O)[C@H](C)[C@H]2NC(=O)O[C@]2(C)COC1=O. The van der Waals surface area contributed by atoms with Gasteiger partial charge in [0.1, 0.15) is 18.5 Å². The second-order valence-electron chi connectivity index (χ2n) is 11.6. The molecule has 2 fully saturated rings. The monoisotopic (exact) mass is 592 g/mol. The molecule has 230 valence electrons. The topological polar surface area (TPSA) is 146 Å². The van der Waals surface area contributed by atoms with E-state index in [1.165, 1.54) is 0 Å². The lowest BCUT2D eigenvalue weighted by atomic mass is 9.80. The highest BCUT2D eigenvalue weighted by atomic mass is 16.6. The smallest absolute Gasteiger partial charge is 0.408 e. The molecular weight excluding hydrogens is 552 g/mol. The van der Waals surface area contributed by atoms with E-state index < -0.39 is 47.7 Å². The molecule has 6 atom stereocenters. The van der Waals surface area contributed by atoms with Crippen LogP contribution in [0.25, 0.3) is 17.3 Å². The molecule has 0 radical (unpaired) electrons. The number of hydrogen-bond donors (Lipinski definition) is 2. The molecule has 0 aliphatic carbocycles. The van der Waals surface area contributed by atoms with Crippen molar-refractivity contribution >= 4 is 30.0 Å². The van der Waals surface area contributed by atoms with E-state index in [1.807, 2.05) is 48.6 Å². The molecule has 2 N–H and O–H groups in total. The number of cyclic esters (lactones) is 1. The summed E-state index contributed by atoms with van der Waals surface area (Å²) in [5.74, 6) is -1.94. The first-order valence-electron chi connectivity index (χ1n) is 14.7. The largest absolute Gasteiger partial charge is 0.461 e. The lowest BCUT2D eigenvalue weighted by molar-refractivity contribution is -0.155. The predicted molar refractivity (Wildman–Crippen MR) is 159 cm³/mol. The molecule has 0 spiro atoms. The Morgan fingerprint density at radius 1 is 1.12 bits per heavy atom. The number of nitrogens with one attached hydrogen (secondary N) is 2. The van der Waals surface area contributed by atoms with Crippen molar-refractivity contribution in [3.8, 4) is 11.3 Å². The molecule has 2 saturated heterocycles. The van der Waals surface area contributed by atoms with Crippen LogP contribution < -0.4 is 10.6 Å². The molecule has 11 nitrogen and oxygen atoms in total. The van der Waals surface area contributed by atoms with Crippen LogP contribution in [-0.2, 0) is 23.8 Å². The molecule has 1 aromatic heterocycles. The average Bonchev–Trinajstić information content (AvgIpc) is 3.31. The minimum Gasteiger partial charge on any atom is -0.461 e. The summed E-state index contributed by atoms with van der Waals surface area (Å²) in [4.78, 5) is 50.8. The Balaban J connectivity index is 1.35. The average molecular weight is 593 g/mol. The fraction of sp³-hybridized carbons (Fsp3) is 0.500. The number of nitrogens with zero attached hydrogens (tertiary/aromatic N) is 2. The summed E-state index contributed by atoms with van der Waals surface area (Å²) in [5.41, 5.74) is 1.53. The Hall–Kier alpha value is -4.28. The minimum absolute atomic E-state index is 0.0963. The van der Waals surface area contributed by atoms with Gasteiger partial charge in [0.25, 0.3) is 0 Å². The fourth-order valence-electron chi connectivity index (χ4n) is 5.58. The Bertz CT molecular complexity index is 1320. The van der Waals surface area contributed by atoms with Gasteiger partial charge in [-0.2, -0.15) is 10.2 Å². The van der Waals surface area contributed by atoms with Crippen LogP contribution in [0.1, 0.15) is 58.9 Å². The van der Waals surface area contributed by atoms with Gasteiger partial charge < -0.3 is 24.8 Å². The van der Waals surface area contributed by atoms with Gasteiger partial charge >= 0.3 is 18.2 Å². The van der Waals surface area contributed by atoms with Crippen molar-refractivity contribution in [2.24, 2.45) is 17.8 Å². The number of ether oxygens (including phenoxy) is 3. The van der Waals surface area contributed by atoms with Crippen LogP contribution in [-0.4, -0.2) is 65.0 Å². The lowest BCUT2D eigenvalue weighted by Crippen LogP contribution is -2.52. The van der Waals surface area contributed by atoms with E-state index in [0.29, 0.717) is 25.7 Å². The number of benzene rings is 1. The second-order valence-corrected chi connectivity index (χ2v) is 11.6. The van der Waals surface area contributed by atoms with Gasteiger partial charge in [0, 0.05) is 30.1 Å². The molecule has 2 amide bonds. The summed E-state index contributed by atoms with van der Waals surface area (Å²) in [6.07, 6.45) is 5.51. The van der Waals surface area contributed by atoms with E-state index in [-0.39, 0.29) is 24.9 Å². The molecule has 1 aromatic carbocycles. The zero-order chi connectivity index (χ0) is 31.0. The van der Waals surface area contributed by atoms with Crippen LogP contribution >= 0.6 is 0 Å². The number of Topliss-reactive ketones (excluding diaryl/α,β-unsaturated/α-hetero) is 1. The maximum Gasteiger partial charge on any atom is 0.408 e. The summed E-state index contributed by atoms with van der Waals surface area (Å²) in [6.45, 7) is 7.08. The molecule has 2 aliphatic heterocycles. The van der Waals surface area contributed by atoms with Gasteiger partial charge in [0.05, 0.1) is 17.7 Å². The van der Waals surface area contributed by atoms with E-state index in [0.717, 1.165) is 16.8 Å². The standard InChI is InChI=1S/C32H40N4O7/c1-20-8-5-10-25(18-21(2)27(37)22(3)28-32(4,19-41-29(20)38)43-31(40)35-28)42-30(39)33-16-6-9-23-12-14-24(15-13-23)26-11-7-17-34-36-26/h6-7,9,11-15,17,20-22,25,28H,5,8,10,16,18-19H2,1-4H3,(H,33,39)(H,35,40)/b9-6+/t20?,21-,22+,25?,28-,32-/m1/s1. The molecule has 2 unspecified atom stereocenters. The molecular formula is C32H40N4O7. The summed E-state index contributed by atoms with van der Waals surface area (Å²) in [7, 11) is 0. The number of fused-ring (bicyclic) bond motifs is 1. The number of hydrogen-bond acceptors (Lipinski definition) is 9. The number of carbonyl (C=O) groups excluding carboxylic acids is 4. The highest BCUT2D eigenvalue weighted by Crippen LogP contribution is 2.32. The van der Waals surface area contributed by atoms with E-state index in [9.17, 15) is 19.2 Å². The molecule has 3 heterocycles. The first-order valence-corrected chi connectivity index (χ1v) is 14.7. The maximum absolute atomic E-state index is 13.4. The Morgan fingerprint density at radius 3 is 2.60 bits per heavy atom. The van der Waals surface area contributed by atoms with Gasteiger partial charge in [-0.15, -0.1) is 0 Å². The minimum atomic E-state index is -1.17. The van der Waals surface area contributed by atoms with E-state index in [1.54, 1.807) is 33.9 Å². The summed E-state index contributed by atoms with van der Waals surface area (Å²) >= 11 is 0. The summed E-state index contributed by atoms with van der Waals surface area (Å²) in [6, 6.07) is 10.9. The van der Waals surface area contributed by atoms with Crippen LogP contribution in [0.4, 0.5) is 9.59 Å². The third-order valence-electron chi connectivity index (χ3n) is 8.10. The van der Waals surface area contributed by atoms with Gasteiger partial charge in [0.15, 0.2) is 5.60 Å². The molecule has 43 heavy (non-hydrogen) atoms. The van der Waals surface area contributed by atoms with Crippen molar-refractivity contribution in [3.05, 3.63) is 54.2 Å². The van der Waals surface area contributed by atoms with Gasteiger partial charge in [-0.1, -0.05) is 57.2 Å². The van der Waals surface area contributed by atoms with Crippen molar-refractivity contribution in [2.75, 3.05) is 13.2 Å². The summed E-state index contributed by atoms with van der Waals surface area (Å²) in [5, 5.41) is 13.5. The van der Waals surface area contributed by atoms with Crippen molar-refractivity contribution in [1.82, 2.24) is 20.8 Å². The van der Waals surface area contributed by atoms with Crippen molar-refractivity contribution in [2.45, 2.75) is 71.1 Å². The molecule has 4 rings (SSSR count). The van der Waals surface area contributed by atoms with Gasteiger partial charge in [-0.05, 0) is 50.3 Å². The Labute approximate surface area is 251 Å². The molecule has 2 aliphatic rings. The first-order chi connectivity index (χ1) is 20.6. The fourth-order valence-corrected chi connectivity index (χ4v) is 5.58. The number of rotatable bonds is 5. The number of alkyl carbamates (subject to hydrolysis) is 2. The maximum atomic E-state index is 13.4. The van der Waals surface area contributed by atoms with E-state index in [4.69, 9.17) is 14.2 Å². The predicted octanol–water partition coefficient (Wildman–Crippen LogP) is 4.71. The zero-order valence-electron chi connectivity index (χ0n) is 25.1. The van der Waals surface area contributed by atoms with E-state index in [2.05, 4.69) is 20.8 Å². The van der Waals surface area contributed by atoms with Gasteiger partial charge in [-0.25, -0.2) is 9.59 Å². The number of esters is 1. The normalized spacial score (nSPS) is 28.7. The van der Waals surface area contributed by atoms with Gasteiger partial charge in [-0.3, -0.25) is 9.59 Å². The zero-order valence-corrected chi connectivity index (χ0v) is 25.1. The number of carbonyl (C=O) groups is 4. The van der Waals surface area contributed by atoms with Crippen molar-refractivity contribution in [1.29, 1.82) is 0 Å². The van der Waals surface area contributed by atoms with Crippen molar-refractivity contribution < 1.29 is 33.4 Å². The third-order valence-corrected chi connectivity index (χ3v) is 8.10.